The van der Waals surface area contributed by atoms with E-state index in [9.17, 15) is 0 Å². The second kappa shape index (κ2) is 10.4. The van der Waals surface area contributed by atoms with Gasteiger partial charge in [0.05, 0.1) is 6.04 Å². The molecule has 1 N–H and O–H groups in total. The summed E-state index contributed by atoms with van der Waals surface area (Å²) in [4.78, 5) is 0. The Morgan fingerprint density at radius 2 is 1.60 bits per heavy atom. The summed E-state index contributed by atoms with van der Waals surface area (Å²) in [6.07, 6.45) is 7.54. The van der Waals surface area contributed by atoms with E-state index in [1.54, 1.807) is 14.2 Å². The third-order valence-corrected chi connectivity index (χ3v) is 2.78. The van der Waals surface area contributed by atoms with Crippen LogP contribution in [-0.2, 0) is 9.47 Å². The van der Waals surface area contributed by atoms with E-state index in [4.69, 9.17) is 9.47 Å². The lowest BCUT2D eigenvalue weighted by Crippen LogP contribution is -2.39. The van der Waals surface area contributed by atoms with Gasteiger partial charge in [-0.05, 0) is 13.5 Å². The van der Waals surface area contributed by atoms with E-state index in [0.717, 1.165) is 6.42 Å². The first-order valence-electron chi connectivity index (χ1n) is 6.03. The fraction of sp³-hybridized carbons (Fsp3) is 1.00. The Morgan fingerprint density at radius 3 is 2.07 bits per heavy atom. The van der Waals surface area contributed by atoms with Crippen molar-refractivity contribution in [2.45, 2.75) is 57.8 Å². The van der Waals surface area contributed by atoms with Gasteiger partial charge in [0.2, 0.25) is 0 Å². The molecule has 0 aromatic rings. The first kappa shape index (κ1) is 14.9. The molecule has 0 aromatic carbocycles. The average molecular weight is 217 g/mol. The summed E-state index contributed by atoms with van der Waals surface area (Å²) in [6, 6.07) is 0.307. The number of ether oxygens (including phenoxy) is 2. The van der Waals surface area contributed by atoms with E-state index >= 15 is 0 Å². The third-order valence-electron chi connectivity index (χ3n) is 2.78. The molecule has 15 heavy (non-hydrogen) atoms. The Hall–Kier alpha value is -0.120. The number of likely N-dealkylation sites (N-methyl/N-ethyl adjacent to an activating group) is 1. The predicted octanol–water partition coefficient (Wildman–Crippen LogP) is 2.55. The molecule has 0 saturated carbocycles. The van der Waals surface area contributed by atoms with Gasteiger partial charge in [-0.1, -0.05) is 39.0 Å². The van der Waals surface area contributed by atoms with Crippen LogP contribution < -0.4 is 5.32 Å². The lowest BCUT2D eigenvalue weighted by Gasteiger charge is -2.24. The highest BCUT2D eigenvalue weighted by molar-refractivity contribution is 4.68. The monoisotopic (exact) mass is 217 g/mol. The van der Waals surface area contributed by atoms with E-state index in [-0.39, 0.29) is 6.29 Å². The molecule has 0 aliphatic heterocycles. The molecular weight excluding hydrogens is 190 g/mol. The fourth-order valence-electron chi connectivity index (χ4n) is 1.81. The quantitative estimate of drug-likeness (QED) is 0.450. The van der Waals surface area contributed by atoms with Crippen LogP contribution in [-0.4, -0.2) is 33.6 Å². The lowest BCUT2D eigenvalue weighted by atomic mass is 10.1. The van der Waals surface area contributed by atoms with Crippen molar-refractivity contribution in [1.82, 2.24) is 5.32 Å². The summed E-state index contributed by atoms with van der Waals surface area (Å²) in [5.74, 6) is 0. The lowest BCUT2D eigenvalue weighted by molar-refractivity contribution is -0.123. The Bertz CT molecular complexity index is 127. The van der Waals surface area contributed by atoms with Gasteiger partial charge in [0.25, 0.3) is 0 Å². The number of unbranched alkanes of at least 4 members (excludes halogenated alkanes) is 4. The van der Waals surface area contributed by atoms with Gasteiger partial charge in [-0.15, -0.1) is 0 Å². The van der Waals surface area contributed by atoms with Crippen molar-refractivity contribution >= 4 is 0 Å². The maximum atomic E-state index is 5.25. The molecule has 0 aliphatic carbocycles. The SMILES string of the molecule is CCCCCCCC(NC)C(OC)OC. The number of rotatable bonds is 10. The zero-order valence-electron chi connectivity index (χ0n) is 10.7. The van der Waals surface area contributed by atoms with Gasteiger partial charge in [0.15, 0.2) is 6.29 Å². The summed E-state index contributed by atoms with van der Waals surface area (Å²) in [7, 11) is 5.34. The van der Waals surface area contributed by atoms with Crippen molar-refractivity contribution in [2.75, 3.05) is 21.3 Å². The van der Waals surface area contributed by atoms with E-state index < -0.39 is 0 Å². The van der Waals surface area contributed by atoms with E-state index in [1.807, 2.05) is 7.05 Å². The highest BCUT2D eigenvalue weighted by atomic mass is 16.7. The van der Waals surface area contributed by atoms with E-state index in [1.165, 1.54) is 32.1 Å². The van der Waals surface area contributed by atoms with Gasteiger partial charge in [0, 0.05) is 14.2 Å². The summed E-state index contributed by atoms with van der Waals surface area (Å²) in [5, 5.41) is 3.24. The summed E-state index contributed by atoms with van der Waals surface area (Å²) < 4.78 is 10.5. The molecule has 3 nitrogen and oxygen atoms in total. The van der Waals surface area contributed by atoms with Gasteiger partial charge in [0.1, 0.15) is 0 Å². The molecule has 0 amide bonds. The van der Waals surface area contributed by atoms with Gasteiger partial charge in [-0.3, -0.25) is 0 Å². The second-order valence-electron chi connectivity index (χ2n) is 3.94. The van der Waals surface area contributed by atoms with Crippen molar-refractivity contribution in [2.24, 2.45) is 0 Å². The van der Waals surface area contributed by atoms with E-state index in [2.05, 4.69) is 12.2 Å². The average Bonchev–Trinajstić information content (AvgIpc) is 2.27. The molecule has 0 rings (SSSR count). The minimum absolute atomic E-state index is 0.124. The van der Waals surface area contributed by atoms with Crippen LogP contribution in [0.5, 0.6) is 0 Å². The molecule has 0 heterocycles. The zero-order chi connectivity index (χ0) is 11.5. The molecule has 3 heteroatoms. The van der Waals surface area contributed by atoms with Crippen LogP contribution in [0.1, 0.15) is 45.4 Å². The molecule has 92 valence electrons. The molecule has 0 bridgehead atoms. The van der Waals surface area contributed by atoms with Crippen LogP contribution in [0, 0.1) is 0 Å². The van der Waals surface area contributed by atoms with Crippen molar-refractivity contribution in [3.63, 3.8) is 0 Å². The minimum atomic E-state index is -0.124. The minimum Gasteiger partial charge on any atom is -0.354 e. The number of methoxy groups -OCH3 is 2. The largest absolute Gasteiger partial charge is 0.354 e. The van der Waals surface area contributed by atoms with Crippen molar-refractivity contribution in [3.8, 4) is 0 Å². The van der Waals surface area contributed by atoms with Crippen LogP contribution in [0.4, 0.5) is 0 Å². The van der Waals surface area contributed by atoms with Gasteiger partial charge in [-0.2, -0.15) is 0 Å². The highest BCUT2D eigenvalue weighted by Crippen LogP contribution is 2.11. The molecule has 1 unspecified atom stereocenters. The first-order valence-corrected chi connectivity index (χ1v) is 6.03. The molecule has 0 fully saturated rings. The fourth-order valence-corrected chi connectivity index (χ4v) is 1.81. The zero-order valence-corrected chi connectivity index (χ0v) is 10.7. The summed E-state index contributed by atoms with van der Waals surface area (Å²) in [6.45, 7) is 2.24. The molecule has 0 saturated heterocycles. The maximum absolute atomic E-state index is 5.25. The van der Waals surface area contributed by atoms with Crippen LogP contribution in [0.3, 0.4) is 0 Å². The predicted molar refractivity (Wildman–Crippen MR) is 64.0 cm³/mol. The van der Waals surface area contributed by atoms with Crippen LogP contribution >= 0.6 is 0 Å². The van der Waals surface area contributed by atoms with Crippen molar-refractivity contribution < 1.29 is 9.47 Å². The first-order chi connectivity index (χ1) is 7.29. The third kappa shape index (κ3) is 6.88. The Balaban J connectivity index is 3.60. The van der Waals surface area contributed by atoms with Crippen LogP contribution in [0.2, 0.25) is 0 Å². The normalized spacial score (nSPS) is 13.4. The maximum Gasteiger partial charge on any atom is 0.171 e. The van der Waals surface area contributed by atoms with Gasteiger partial charge >= 0.3 is 0 Å². The number of hydrogen-bond acceptors (Lipinski definition) is 3. The van der Waals surface area contributed by atoms with Crippen LogP contribution in [0.25, 0.3) is 0 Å². The van der Waals surface area contributed by atoms with Gasteiger partial charge in [-0.25, -0.2) is 0 Å². The van der Waals surface area contributed by atoms with E-state index in [0.29, 0.717) is 6.04 Å². The second-order valence-corrected chi connectivity index (χ2v) is 3.94. The molecule has 0 aromatic heterocycles. The summed E-state index contributed by atoms with van der Waals surface area (Å²) in [5.41, 5.74) is 0. The standard InChI is InChI=1S/C12H27NO2/c1-5-6-7-8-9-10-11(13-2)12(14-3)15-4/h11-13H,5-10H2,1-4H3. The Kier molecular flexibility index (Phi) is 10.3. The number of hydrogen-bond donors (Lipinski definition) is 1. The Morgan fingerprint density at radius 1 is 1.00 bits per heavy atom. The molecule has 0 aliphatic rings. The smallest absolute Gasteiger partial charge is 0.171 e. The highest BCUT2D eigenvalue weighted by Gasteiger charge is 2.17. The molecule has 0 spiro atoms. The molecule has 0 radical (unpaired) electrons. The molecule has 1 atom stereocenters. The topological polar surface area (TPSA) is 30.5 Å². The molecular formula is C12H27NO2. The summed E-state index contributed by atoms with van der Waals surface area (Å²) >= 11 is 0. The van der Waals surface area contributed by atoms with Crippen LogP contribution in [0.15, 0.2) is 0 Å². The van der Waals surface area contributed by atoms with Gasteiger partial charge < -0.3 is 14.8 Å². The Labute approximate surface area is 94.5 Å². The van der Waals surface area contributed by atoms with Crippen molar-refractivity contribution in [3.05, 3.63) is 0 Å². The van der Waals surface area contributed by atoms with Crippen molar-refractivity contribution in [1.29, 1.82) is 0 Å². The number of nitrogens with one attached hydrogen (secondary N) is 1.